The Morgan fingerprint density at radius 3 is 2.64 bits per heavy atom. The van der Waals surface area contributed by atoms with Gasteiger partial charge >= 0.3 is 6.03 Å². The van der Waals surface area contributed by atoms with E-state index < -0.39 is 0 Å². The molecule has 6 heteroatoms. The SMILES string of the molecule is O=C(Nc1ccc(-c2ncco2)cc1)N1CCC(CO)CC1. The van der Waals surface area contributed by atoms with Gasteiger partial charge in [0.2, 0.25) is 5.89 Å². The number of rotatable bonds is 3. The van der Waals surface area contributed by atoms with Gasteiger partial charge in [-0.15, -0.1) is 0 Å². The van der Waals surface area contributed by atoms with Gasteiger partial charge in [-0.3, -0.25) is 0 Å². The lowest BCUT2D eigenvalue weighted by molar-refractivity contribution is 0.143. The lowest BCUT2D eigenvalue weighted by Crippen LogP contribution is -2.41. The maximum Gasteiger partial charge on any atom is 0.321 e. The molecular weight excluding hydrogens is 282 g/mol. The minimum Gasteiger partial charge on any atom is -0.445 e. The molecule has 0 bridgehead atoms. The zero-order valence-corrected chi connectivity index (χ0v) is 12.2. The van der Waals surface area contributed by atoms with E-state index in [0.29, 0.717) is 24.9 Å². The van der Waals surface area contributed by atoms with Gasteiger partial charge in [-0.05, 0) is 43.0 Å². The number of nitrogens with one attached hydrogen (secondary N) is 1. The second-order valence-corrected chi connectivity index (χ2v) is 5.46. The van der Waals surface area contributed by atoms with Gasteiger partial charge in [0, 0.05) is 30.9 Å². The van der Waals surface area contributed by atoms with Crippen molar-refractivity contribution in [3.63, 3.8) is 0 Å². The fraction of sp³-hybridized carbons (Fsp3) is 0.375. The van der Waals surface area contributed by atoms with Crippen LogP contribution in [0.3, 0.4) is 0 Å². The van der Waals surface area contributed by atoms with Gasteiger partial charge in [0.15, 0.2) is 0 Å². The third-order valence-electron chi connectivity index (χ3n) is 3.98. The lowest BCUT2D eigenvalue weighted by Gasteiger charge is -2.31. The van der Waals surface area contributed by atoms with Crippen molar-refractivity contribution in [2.45, 2.75) is 12.8 Å². The fourth-order valence-electron chi connectivity index (χ4n) is 2.58. The van der Waals surface area contributed by atoms with Gasteiger partial charge in [-0.1, -0.05) is 0 Å². The molecule has 0 aliphatic carbocycles. The van der Waals surface area contributed by atoms with Gasteiger partial charge in [-0.25, -0.2) is 9.78 Å². The molecule has 0 atom stereocenters. The molecular formula is C16H19N3O3. The van der Waals surface area contributed by atoms with Crippen LogP contribution >= 0.6 is 0 Å². The van der Waals surface area contributed by atoms with E-state index in [4.69, 9.17) is 9.52 Å². The maximum atomic E-state index is 12.2. The summed E-state index contributed by atoms with van der Waals surface area (Å²) in [6.45, 7) is 1.58. The van der Waals surface area contributed by atoms with E-state index in [1.54, 1.807) is 11.1 Å². The molecule has 0 saturated carbocycles. The number of hydrogen-bond donors (Lipinski definition) is 2. The number of aliphatic hydroxyl groups is 1. The second kappa shape index (κ2) is 6.62. The lowest BCUT2D eigenvalue weighted by atomic mass is 9.98. The molecule has 0 radical (unpaired) electrons. The number of carbonyl (C=O) groups is 1. The number of benzene rings is 1. The molecule has 2 heterocycles. The Bertz CT molecular complexity index is 602. The molecule has 1 saturated heterocycles. The van der Waals surface area contributed by atoms with Crippen molar-refractivity contribution in [3.8, 4) is 11.5 Å². The molecule has 2 N–H and O–H groups in total. The normalized spacial score (nSPS) is 15.8. The van der Waals surface area contributed by atoms with Gasteiger partial charge in [-0.2, -0.15) is 0 Å². The topological polar surface area (TPSA) is 78.6 Å². The van der Waals surface area contributed by atoms with Crippen LogP contribution in [0.25, 0.3) is 11.5 Å². The highest BCUT2D eigenvalue weighted by Gasteiger charge is 2.22. The summed E-state index contributed by atoms with van der Waals surface area (Å²) in [6.07, 6.45) is 4.84. The number of urea groups is 1. The van der Waals surface area contributed by atoms with E-state index in [0.717, 1.165) is 24.1 Å². The summed E-state index contributed by atoms with van der Waals surface area (Å²) >= 11 is 0. The molecule has 1 aromatic carbocycles. The Labute approximate surface area is 128 Å². The van der Waals surface area contributed by atoms with E-state index >= 15 is 0 Å². The smallest absolute Gasteiger partial charge is 0.321 e. The van der Waals surface area contributed by atoms with Crippen LogP contribution in [0.15, 0.2) is 41.1 Å². The third-order valence-corrected chi connectivity index (χ3v) is 3.98. The van der Waals surface area contributed by atoms with E-state index in [2.05, 4.69) is 10.3 Å². The molecule has 1 aromatic heterocycles. The van der Waals surface area contributed by atoms with Crippen LogP contribution in [0.5, 0.6) is 0 Å². The Morgan fingerprint density at radius 2 is 2.05 bits per heavy atom. The number of piperidine rings is 1. The number of aliphatic hydroxyl groups excluding tert-OH is 1. The van der Waals surface area contributed by atoms with Gasteiger partial charge in [0.1, 0.15) is 6.26 Å². The Morgan fingerprint density at radius 1 is 1.32 bits per heavy atom. The number of amides is 2. The van der Waals surface area contributed by atoms with Crippen LogP contribution < -0.4 is 5.32 Å². The predicted molar refractivity (Wildman–Crippen MR) is 82.3 cm³/mol. The van der Waals surface area contributed by atoms with E-state index in [9.17, 15) is 4.79 Å². The predicted octanol–water partition coefficient (Wildman–Crippen LogP) is 2.58. The third kappa shape index (κ3) is 3.28. The number of oxazole rings is 1. The summed E-state index contributed by atoms with van der Waals surface area (Å²) in [5, 5.41) is 12.0. The zero-order chi connectivity index (χ0) is 15.4. The molecule has 2 amide bonds. The van der Waals surface area contributed by atoms with E-state index in [-0.39, 0.29) is 12.6 Å². The van der Waals surface area contributed by atoms with Crippen LogP contribution in [0.2, 0.25) is 0 Å². The highest BCUT2D eigenvalue weighted by Crippen LogP contribution is 2.21. The average molecular weight is 301 g/mol. The first-order valence-corrected chi connectivity index (χ1v) is 7.43. The van der Waals surface area contributed by atoms with Crippen LogP contribution in [-0.2, 0) is 0 Å². The van der Waals surface area contributed by atoms with E-state index in [1.807, 2.05) is 24.3 Å². The summed E-state index contributed by atoms with van der Waals surface area (Å²) < 4.78 is 5.23. The largest absolute Gasteiger partial charge is 0.445 e. The summed E-state index contributed by atoms with van der Waals surface area (Å²) in [4.78, 5) is 18.1. The first-order valence-electron chi connectivity index (χ1n) is 7.43. The number of nitrogens with zero attached hydrogens (tertiary/aromatic N) is 2. The first-order chi connectivity index (χ1) is 10.8. The number of hydrogen-bond acceptors (Lipinski definition) is 4. The Hall–Kier alpha value is -2.34. The second-order valence-electron chi connectivity index (χ2n) is 5.46. The summed E-state index contributed by atoms with van der Waals surface area (Å²) in [5.41, 5.74) is 1.61. The standard InChI is InChI=1S/C16H19N3O3/c20-11-12-5-8-19(9-6-12)16(21)18-14-3-1-13(2-4-14)15-17-7-10-22-15/h1-4,7,10,12,20H,5-6,8-9,11H2,(H,18,21). The molecule has 3 rings (SSSR count). The highest BCUT2D eigenvalue weighted by molar-refractivity contribution is 5.89. The molecule has 0 spiro atoms. The van der Waals surface area contributed by atoms with Crippen molar-refractivity contribution >= 4 is 11.7 Å². The summed E-state index contributed by atoms with van der Waals surface area (Å²) in [5.74, 6) is 0.882. The molecule has 1 aliphatic rings. The van der Waals surface area contributed by atoms with E-state index in [1.165, 1.54) is 6.26 Å². The van der Waals surface area contributed by atoms with Crippen molar-refractivity contribution in [2.75, 3.05) is 25.0 Å². The van der Waals surface area contributed by atoms with Gasteiger partial charge < -0.3 is 19.7 Å². The number of carbonyl (C=O) groups excluding carboxylic acids is 1. The maximum absolute atomic E-state index is 12.2. The van der Waals surface area contributed by atoms with Crippen molar-refractivity contribution in [1.29, 1.82) is 0 Å². The zero-order valence-electron chi connectivity index (χ0n) is 12.2. The van der Waals surface area contributed by atoms with Crippen molar-refractivity contribution in [2.24, 2.45) is 5.92 Å². The molecule has 0 unspecified atom stereocenters. The van der Waals surface area contributed by atoms with Crippen LogP contribution in [-0.4, -0.2) is 40.7 Å². The summed E-state index contributed by atoms with van der Waals surface area (Å²) in [6, 6.07) is 7.29. The summed E-state index contributed by atoms with van der Waals surface area (Å²) in [7, 11) is 0. The van der Waals surface area contributed by atoms with Crippen LogP contribution in [0, 0.1) is 5.92 Å². The van der Waals surface area contributed by atoms with Crippen LogP contribution in [0.1, 0.15) is 12.8 Å². The number of likely N-dealkylation sites (tertiary alicyclic amines) is 1. The molecule has 22 heavy (non-hydrogen) atoms. The number of aromatic nitrogens is 1. The Kier molecular flexibility index (Phi) is 4.39. The fourth-order valence-corrected chi connectivity index (χ4v) is 2.58. The van der Waals surface area contributed by atoms with Gasteiger partial charge in [0.25, 0.3) is 0 Å². The minimum absolute atomic E-state index is 0.0970. The average Bonchev–Trinajstić information content (AvgIpc) is 3.10. The highest BCUT2D eigenvalue weighted by atomic mass is 16.3. The first kappa shape index (κ1) is 14.6. The van der Waals surface area contributed by atoms with Crippen molar-refractivity contribution in [3.05, 3.63) is 36.7 Å². The monoisotopic (exact) mass is 301 g/mol. The molecule has 116 valence electrons. The quantitative estimate of drug-likeness (QED) is 0.913. The molecule has 6 nitrogen and oxygen atoms in total. The minimum atomic E-state index is -0.0970. The van der Waals surface area contributed by atoms with Crippen LogP contribution in [0.4, 0.5) is 10.5 Å². The molecule has 1 fully saturated rings. The Balaban J connectivity index is 1.58. The van der Waals surface area contributed by atoms with Crippen molar-refractivity contribution < 1.29 is 14.3 Å². The number of anilines is 1. The molecule has 2 aromatic rings. The van der Waals surface area contributed by atoms with Crippen molar-refractivity contribution in [1.82, 2.24) is 9.88 Å². The van der Waals surface area contributed by atoms with Gasteiger partial charge in [0.05, 0.1) is 6.20 Å². The molecule has 1 aliphatic heterocycles.